The maximum absolute atomic E-state index is 11.9. The van der Waals surface area contributed by atoms with Gasteiger partial charge in [-0.2, -0.15) is 0 Å². The molecule has 1 atom stereocenters. The largest absolute Gasteiger partial charge is 0.367 e. The Morgan fingerprint density at radius 2 is 1.95 bits per heavy atom. The third-order valence-electron chi connectivity index (χ3n) is 2.41. The Morgan fingerprint density at radius 1 is 1.37 bits per heavy atom. The predicted molar refractivity (Wildman–Crippen MR) is 71.0 cm³/mol. The number of sulfonamides is 1. The van der Waals surface area contributed by atoms with E-state index in [0.29, 0.717) is 0 Å². The van der Waals surface area contributed by atoms with Crippen LogP contribution < -0.4 is 10.5 Å². The first-order chi connectivity index (χ1) is 8.85. The van der Waals surface area contributed by atoms with Crippen molar-refractivity contribution < 1.29 is 17.9 Å². The van der Waals surface area contributed by atoms with E-state index in [1.165, 1.54) is 12.1 Å². The first-order valence-electron chi connectivity index (χ1n) is 5.79. The number of hydrogen-bond donors (Lipinski definition) is 2. The lowest BCUT2D eigenvalue weighted by atomic mass is 10.2. The molecule has 6 nitrogen and oxygen atoms in total. The van der Waals surface area contributed by atoms with Gasteiger partial charge in [-0.15, -0.1) is 0 Å². The molecule has 1 aromatic rings. The van der Waals surface area contributed by atoms with Crippen LogP contribution in [0.15, 0.2) is 29.2 Å². The van der Waals surface area contributed by atoms with Gasteiger partial charge in [-0.25, -0.2) is 13.1 Å². The molecule has 3 N–H and O–H groups in total. The number of carbonyl (C=O) groups is 1. The summed E-state index contributed by atoms with van der Waals surface area (Å²) < 4.78 is 30.7. The molecule has 0 aliphatic rings. The normalized spacial score (nSPS) is 13.0. The van der Waals surface area contributed by atoms with Gasteiger partial charge in [-0.1, -0.05) is 17.7 Å². The lowest BCUT2D eigenvalue weighted by Crippen LogP contribution is -2.35. The van der Waals surface area contributed by atoms with Gasteiger partial charge in [0.2, 0.25) is 0 Å². The second-order valence-corrected chi connectivity index (χ2v) is 5.88. The van der Waals surface area contributed by atoms with Crippen molar-refractivity contribution in [3.05, 3.63) is 29.8 Å². The molecular weight excluding hydrogens is 268 g/mol. The van der Waals surface area contributed by atoms with E-state index >= 15 is 0 Å². The minimum absolute atomic E-state index is 0.0401. The highest BCUT2D eigenvalue weighted by Gasteiger charge is 2.17. The molecule has 19 heavy (non-hydrogen) atoms. The number of rotatable bonds is 6. The van der Waals surface area contributed by atoms with Crippen molar-refractivity contribution in [2.24, 2.45) is 5.73 Å². The maximum atomic E-state index is 11.9. The topological polar surface area (TPSA) is 98.5 Å². The van der Waals surface area contributed by atoms with Gasteiger partial charge in [0, 0.05) is 6.54 Å². The van der Waals surface area contributed by atoms with Crippen LogP contribution in [0.2, 0.25) is 0 Å². The second kappa shape index (κ2) is 6.65. The monoisotopic (exact) mass is 286 g/mol. The van der Waals surface area contributed by atoms with Gasteiger partial charge in [-0.3, -0.25) is 4.79 Å². The lowest BCUT2D eigenvalue weighted by molar-refractivity contribution is -0.125. The lowest BCUT2D eigenvalue weighted by Gasteiger charge is -2.11. The Morgan fingerprint density at radius 3 is 2.47 bits per heavy atom. The Labute approximate surface area is 113 Å². The van der Waals surface area contributed by atoms with Gasteiger partial charge in [-0.05, 0) is 26.0 Å². The van der Waals surface area contributed by atoms with Crippen LogP contribution in [-0.4, -0.2) is 33.6 Å². The molecule has 0 spiro atoms. The fourth-order valence-electron chi connectivity index (χ4n) is 1.24. The fraction of sp³-hybridized carbons (Fsp3) is 0.417. The number of hydrogen-bond acceptors (Lipinski definition) is 5. The summed E-state index contributed by atoms with van der Waals surface area (Å²) in [6.45, 7) is 3.46. The third-order valence-corrected chi connectivity index (χ3v) is 3.80. The van der Waals surface area contributed by atoms with Gasteiger partial charge in [0.05, 0.1) is 11.0 Å². The summed E-state index contributed by atoms with van der Waals surface area (Å²) in [6, 6.07) is 6.20. The molecule has 0 bridgehead atoms. The highest BCUT2D eigenvalue weighted by Crippen LogP contribution is 2.09. The van der Waals surface area contributed by atoms with Crippen molar-refractivity contribution in [3.8, 4) is 0 Å². The van der Waals surface area contributed by atoms with Crippen LogP contribution in [0.1, 0.15) is 12.5 Å². The van der Waals surface area contributed by atoms with Gasteiger partial charge >= 0.3 is 0 Å². The second-order valence-electron chi connectivity index (χ2n) is 4.20. The SMILES string of the molecule is Cc1ccc(S(=O)(=O)NC(=O)COC(C)CN)cc1. The van der Waals surface area contributed by atoms with Crippen LogP contribution in [0.25, 0.3) is 0 Å². The Hall–Kier alpha value is -1.44. The average molecular weight is 286 g/mol. The van der Waals surface area contributed by atoms with E-state index in [0.717, 1.165) is 5.56 Å². The number of nitrogens with one attached hydrogen (secondary N) is 1. The molecule has 0 radical (unpaired) electrons. The number of nitrogens with two attached hydrogens (primary N) is 1. The summed E-state index contributed by atoms with van der Waals surface area (Å²) in [5.74, 6) is -0.721. The predicted octanol–water partition coefficient (Wildman–Crippen LogP) is 0.164. The Kier molecular flexibility index (Phi) is 5.46. The van der Waals surface area contributed by atoms with Gasteiger partial charge in [0.15, 0.2) is 0 Å². The van der Waals surface area contributed by atoms with Crippen LogP contribution in [0.3, 0.4) is 0 Å². The average Bonchev–Trinajstić information content (AvgIpc) is 2.36. The van der Waals surface area contributed by atoms with Crippen molar-refractivity contribution in [3.63, 3.8) is 0 Å². The van der Waals surface area contributed by atoms with Gasteiger partial charge < -0.3 is 10.5 Å². The summed E-state index contributed by atoms with van der Waals surface area (Å²) in [5, 5.41) is 0. The summed E-state index contributed by atoms with van der Waals surface area (Å²) >= 11 is 0. The highest BCUT2D eigenvalue weighted by atomic mass is 32.2. The van der Waals surface area contributed by atoms with Crippen LogP contribution in [0.4, 0.5) is 0 Å². The first-order valence-corrected chi connectivity index (χ1v) is 7.27. The van der Waals surface area contributed by atoms with Crippen molar-refractivity contribution >= 4 is 15.9 Å². The molecule has 106 valence electrons. The van der Waals surface area contributed by atoms with E-state index in [1.54, 1.807) is 19.1 Å². The summed E-state index contributed by atoms with van der Waals surface area (Å²) in [5.41, 5.74) is 6.25. The Bertz CT molecular complexity index is 525. The van der Waals surface area contributed by atoms with Crippen molar-refractivity contribution in [2.75, 3.05) is 13.2 Å². The molecule has 0 fully saturated rings. The van der Waals surface area contributed by atoms with E-state index in [1.807, 2.05) is 11.6 Å². The summed E-state index contributed by atoms with van der Waals surface area (Å²) in [4.78, 5) is 11.5. The van der Waals surface area contributed by atoms with E-state index in [4.69, 9.17) is 10.5 Å². The molecule has 7 heteroatoms. The van der Waals surface area contributed by atoms with E-state index < -0.39 is 15.9 Å². The summed E-state index contributed by atoms with van der Waals surface area (Å²) in [6.07, 6.45) is -0.298. The number of aryl methyl sites for hydroxylation is 1. The number of amides is 1. The number of benzene rings is 1. The quantitative estimate of drug-likeness (QED) is 0.776. The first kappa shape index (κ1) is 15.6. The molecule has 1 aromatic carbocycles. The summed E-state index contributed by atoms with van der Waals surface area (Å²) in [7, 11) is -3.84. The highest BCUT2D eigenvalue weighted by molar-refractivity contribution is 7.90. The van der Waals surface area contributed by atoms with Crippen LogP contribution >= 0.6 is 0 Å². The van der Waals surface area contributed by atoms with Crippen LogP contribution in [0.5, 0.6) is 0 Å². The molecule has 0 saturated heterocycles. The zero-order valence-corrected chi connectivity index (χ0v) is 11.7. The molecule has 1 unspecified atom stereocenters. The maximum Gasteiger partial charge on any atom is 0.264 e. The molecule has 0 aliphatic heterocycles. The molecule has 0 aromatic heterocycles. The molecule has 0 heterocycles. The fourth-order valence-corrected chi connectivity index (χ4v) is 2.21. The Balaban J connectivity index is 2.64. The molecule has 1 rings (SSSR count). The van der Waals surface area contributed by atoms with Crippen molar-refractivity contribution in [1.29, 1.82) is 0 Å². The van der Waals surface area contributed by atoms with Gasteiger partial charge in [0.25, 0.3) is 15.9 Å². The van der Waals surface area contributed by atoms with Crippen LogP contribution in [-0.2, 0) is 19.6 Å². The minimum atomic E-state index is -3.84. The zero-order valence-electron chi connectivity index (χ0n) is 10.9. The molecule has 0 saturated carbocycles. The molecule has 1 amide bonds. The minimum Gasteiger partial charge on any atom is -0.367 e. The van der Waals surface area contributed by atoms with E-state index in [9.17, 15) is 13.2 Å². The standard InChI is InChI=1S/C12H18N2O4S/c1-9-3-5-11(6-4-9)19(16,17)14-12(15)8-18-10(2)7-13/h3-6,10H,7-8,13H2,1-2H3,(H,14,15). The number of carbonyl (C=O) groups excluding carboxylic acids is 1. The van der Waals surface area contributed by atoms with Crippen LogP contribution in [0, 0.1) is 6.92 Å². The van der Waals surface area contributed by atoms with Crippen molar-refractivity contribution in [1.82, 2.24) is 4.72 Å². The smallest absolute Gasteiger partial charge is 0.264 e. The molecule has 0 aliphatic carbocycles. The van der Waals surface area contributed by atoms with E-state index in [2.05, 4.69) is 0 Å². The third kappa shape index (κ3) is 4.98. The van der Waals surface area contributed by atoms with E-state index in [-0.39, 0.29) is 24.2 Å². The van der Waals surface area contributed by atoms with Gasteiger partial charge in [0.1, 0.15) is 6.61 Å². The zero-order chi connectivity index (χ0) is 14.5. The van der Waals surface area contributed by atoms with Crippen molar-refractivity contribution in [2.45, 2.75) is 24.8 Å². The number of ether oxygens (including phenoxy) is 1. The molecular formula is C12H18N2O4S.